The molecular formula is C10H10NO2S+. The van der Waals surface area contributed by atoms with Gasteiger partial charge in [0.15, 0.2) is 10.2 Å². The number of ether oxygens (including phenoxy) is 1. The Morgan fingerprint density at radius 3 is 2.50 bits per heavy atom. The number of hydrogen-bond acceptors (Lipinski definition) is 3. The van der Waals surface area contributed by atoms with E-state index in [1.165, 1.54) is 11.3 Å². The molecule has 0 saturated carbocycles. The number of aryl methyl sites for hydroxylation is 1. The van der Waals surface area contributed by atoms with Gasteiger partial charge in [-0.05, 0) is 42.5 Å². The van der Waals surface area contributed by atoms with E-state index < -0.39 is 0 Å². The molecule has 0 bridgehead atoms. The Morgan fingerprint density at radius 1 is 1.29 bits per heavy atom. The number of nitrogens with zero attached hydrogens (tertiary/aromatic N) is 1. The van der Waals surface area contributed by atoms with Gasteiger partial charge in [0, 0.05) is 0 Å². The van der Waals surface area contributed by atoms with Crippen molar-refractivity contribution in [3.8, 4) is 16.4 Å². The molecule has 0 spiro atoms. The van der Waals surface area contributed by atoms with Crippen LogP contribution in [0.15, 0.2) is 28.8 Å². The Morgan fingerprint density at radius 2 is 2.00 bits per heavy atom. The lowest BCUT2D eigenvalue weighted by molar-refractivity contribution is 0.414. The van der Waals surface area contributed by atoms with Crippen LogP contribution in [0.5, 0.6) is 5.75 Å². The van der Waals surface area contributed by atoms with Crippen LogP contribution in [0.1, 0.15) is 5.01 Å². The van der Waals surface area contributed by atoms with Crippen molar-refractivity contribution in [3.05, 3.63) is 29.3 Å². The van der Waals surface area contributed by atoms with Crippen LogP contribution in [0.25, 0.3) is 10.6 Å². The second kappa shape index (κ2) is 3.75. The van der Waals surface area contributed by atoms with Crippen molar-refractivity contribution in [1.29, 1.82) is 0 Å². The summed E-state index contributed by atoms with van der Waals surface area (Å²) >= 11 is 1.54. The molecule has 0 aliphatic rings. The third kappa shape index (κ3) is 1.75. The summed E-state index contributed by atoms with van der Waals surface area (Å²) in [7, 11) is 1.65. The lowest BCUT2D eigenvalue weighted by Gasteiger charge is -1.96. The van der Waals surface area contributed by atoms with E-state index in [4.69, 9.17) is 9.26 Å². The van der Waals surface area contributed by atoms with Gasteiger partial charge in [0.05, 0.1) is 12.7 Å². The molecule has 0 amide bonds. The Labute approximate surface area is 85.9 Å². The third-order valence-corrected chi connectivity index (χ3v) is 2.69. The molecule has 72 valence electrons. The summed E-state index contributed by atoms with van der Waals surface area (Å²) in [5.41, 5.74) is 1.02. The van der Waals surface area contributed by atoms with Gasteiger partial charge in [-0.2, -0.15) is 0 Å². The molecule has 4 heteroatoms. The van der Waals surface area contributed by atoms with E-state index >= 15 is 0 Å². The van der Waals surface area contributed by atoms with Gasteiger partial charge in [-0.3, -0.25) is 0 Å². The van der Waals surface area contributed by atoms with E-state index in [1.54, 1.807) is 7.11 Å². The van der Waals surface area contributed by atoms with Gasteiger partial charge in [0.2, 0.25) is 0 Å². The highest BCUT2D eigenvalue weighted by Gasteiger charge is 2.17. The summed E-state index contributed by atoms with van der Waals surface area (Å²) in [4.78, 5) is 0. The Hall–Kier alpha value is -1.42. The summed E-state index contributed by atoms with van der Waals surface area (Å²) < 4.78 is 10.2. The van der Waals surface area contributed by atoms with Crippen LogP contribution in [0.3, 0.4) is 0 Å². The molecule has 0 aliphatic heterocycles. The fourth-order valence-electron chi connectivity index (χ4n) is 1.12. The lowest BCUT2D eigenvalue weighted by atomic mass is 10.2. The zero-order valence-electron chi connectivity index (χ0n) is 7.98. The number of methoxy groups -OCH3 is 1. The molecule has 0 aliphatic carbocycles. The van der Waals surface area contributed by atoms with E-state index in [9.17, 15) is 0 Å². The molecule has 0 atom stereocenters. The first-order valence-electron chi connectivity index (χ1n) is 4.20. The van der Waals surface area contributed by atoms with Gasteiger partial charge in [-0.25, -0.2) is 0 Å². The van der Waals surface area contributed by atoms with Crippen molar-refractivity contribution in [2.24, 2.45) is 0 Å². The lowest BCUT2D eigenvalue weighted by Crippen LogP contribution is -1.81. The van der Waals surface area contributed by atoms with E-state index in [1.807, 2.05) is 31.2 Å². The summed E-state index contributed by atoms with van der Waals surface area (Å²) in [6.45, 7) is 1.92. The second-order valence-corrected chi connectivity index (χ2v) is 3.99. The molecule has 1 aromatic carbocycles. The van der Waals surface area contributed by atoms with E-state index in [0.717, 1.165) is 21.4 Å². The molecule has 0 N–H and O–H groups in total. The van der Waals surface area contributed by atoms with Crippen molar-refractivity contribution in [1.82, 2.24) is 5.16 Å². The van der Waals surface area contributed by atoms with E-state index in [-0.39, 0.29) is 0 Å². The first-order valence-corrected chi connectivity index (χ1v) is 5.02. The fourth-order valence-corrected chi connectivity index (χ4v) is 1.79. The predicted octanol–water partition coefficient (Wildman–Crippen LogP) is 3.00. The summed E-state index contributed by atoms with van der Waals surface area (Å²) in [5, 5.41) is 5.60. The molecule has 2 aromatic rings. The molecule has 0 radical (unpaired) electrons. The molecular weight excluding hydrogens is 198 g/mol. The van der Waals surface area contributed by atoms with Gasteiger partial charge in [0.1, 0.15) is 5.75 Å². The zero-order chi connectivity index (χ0) is 9.97. The average molecular weight is 208 g/mol. The van der Waals surface area contributed by atoms with Crippen LogP contribution in [0.4, 0.5) is 0 Å². The van der Waals surface area contributed by atoms with E-state index in [2.05, 4.69) is 5.16 Å². The summed E-state index contributed by atoms with van der Waals surface area (Å²) in [5.74, 6) is 0.843. The molecule has 0 fully saturated rings. The Kier molecular flexibility index (Phi) is 2.45. The zero-order valence-corrected chi connectivity index (χ0v) is 8.80. The molecule has 0 saturated heterocycles. The van der Waals surface area contributed by atoms with Crippen LogP contribution in [-0.2, 0) is 0 Å². The summed E-state index contributed by atoms with van der Waals surface area (Å²) in [6.07, 6.45) is 0. The highest BCUT2D eigenvalue weighted by molar-refractivity contribution is 7.14. The standard InChI is InChI=1S/C10H10NO2S/c1-7-11-13-10(14-7)8-3-5-9(12-2)6-4-8/h3-6H,1-2H3/q+1. The van der Waals surface area contributed by atoms with Gasteiger partial charge >= 0.3 is 5.07 Å². The van der Waals surface area contributed by atoms with Crippen LogP contribution in [0.2, 0.25) is 0 Å². The van der Waals surface area contributed by atoms with Gasteiger partial charge < -0.3 is 4.74 Å². The summed E-state index contributed by atoms with van der Waals surface area (Å²) in [6, 6.07) is 7.71. The fraction of sp³-hybridized carbons (Fsp3) is 0.200. The van der Waals surface area contributed by atoms with Crippen molar-refractivity contribution < 1.29 is 9.26 Å². The van der Waals surface area contributed by atoms with Crippen molar-refractivity contribution in [2.45, 2.75) is 6.92 Å². The quantitative estimate of drug-likeness (QED) is 0.711. The molecule has 14 heavy (non-hydrogen) atoms. The maximum Gasteiger partial charge on any atom is 0.464 e. The normalized spacial score (nSPS) is 10.1. The first kappa shape index (κ1) is 9.15. The SMILES string of the molecule is COc1ccc(-c2[o+]nc(C)s2)cc1. The van der Waals surface area contributed by atoms with Gasteiger partial charge in [0.25, 0.3) is 0 Å². The molecule has 0 unspecified atom stereocenters. The largest absolute Gasteiger partial charge is 0.497 e. The van der Waals surface area contributed by atoms with Crippen molar-refractivity contribution in [2.75, 3.05) is 7.11 Å². The number of aromatic nitrogens is 1. The topological polar surface area (TPSA) is 33.4 Å². The predicted molar refractivity (Wildman–Crippen MR) is 55.5 cm³/mol. The second-order valence-electron chi connectivity index (χ2n) is 2.82. The highest BCUT2D eigenvalue weighted by Crippen LogP contribution is 2.26. The van der Waals surface area contributed by atoms with Gasteiger partial charge in [-0.15, -0.1) is 0 Å². The van der Waals surface area contributed by atoms with Crippen molar-refractivity contribution in [3.63, 3.8) is 0 Å². The average Bonchev–Trinajstić information content (AvgIpc) is 2.65. The Balaban J connectivity index is 2.33. The molecule has 1 heterocycles. The van der Waals surface area contributed by atoms with Crippen molar-refractivity contribution >= 4 is 11.3 Å². The van der Waals surface area contributed by atoms with Crippen LogP contribution in [-0.4, -0.2) is 12.3 Å². The first-order chi connectivity index (χ1) is 6.79. The maximum absolute atomic E-state index is 5.15. The minimum Gasteiger partial charge on any atom is -0.497 e. The maximum atomic E-state index is 5.15. The van der Waals surface area contributed by atoms with Crippen LogP contribution >= 0.6 is 11.3 Å². The molecule has 3 nitrogen and oxygen atoms in total. The molecule has 2 rings (SSSR count). The monoisotopic (exact) mass is 208 g/mol. The van der Waals surface area contributed by atoms with Crippen LogP contribution < -0.4 is 4.74 Å². The number of benzene rings is 1. The number of hydrogen-bond donors (Lipinski definition) is 0. The number of rotatable bonds is 2. The third-order valence-electron chi connectivity index (χ3n) is 1.82. The highest BCUT2D eigenvalue weighted by atomic mass is 32.1. The smallest absolute Gasteiger partial charge is 0.464 e. The van der Waals surface area contributed by atoms with E-state index in [0.29, 0.717) is 0 Å². The minimum absolute atomic E-state index is 0.824. The van der Waals surface area contributed by atoms with Gasteiger partial charge in [-0.1, -0.05) is 4.52 Å². The molecule has 1 aromatic heterocycles. The minimum atomic E-state index is 0.824. The van der Waals surface area contributed by atoms with Crippen LogP contribution in [0, 0.1) is 6.92 Å². The Bertz CT molecular complexity index is 422.